The minimum atomic E-state index is -4.48. The first-order chi connectivity index (χ1) is 18.2. The van der Waals surface area contributed by atoms with Gasteiger partial charge in [-0.25, -0.2) is 0 Å². The van der Waals surface area contributed by atoms with Crippen molar-refractivity contribution < 1.29 is 32.3 Å². The molecule has 2 fully saturated rings. The predicted molar refractivity (Wildman–Crippen MR) is 134 cm³/mol. The average molecular weight is 533 g/mol. The summed E-state index contributed by atoms with van der Waals surface area (Å²) in [7, 11) is 1.59. The number of piperidine rings is 1. The van der Waals surface area contributed by atoms with Gasteiger partial charge in [0.05, 0.1) is 12.2 Å². The summed E-state index contributed by atoms with van der Waals surface area (Å²) in [6.45, 7) is 1.64. The molecule has 2 aliphatic heterocycles. The fourth-order valence-electron chi connectivity index (χ4n) is 5.06. The van der Waals surface area contributed by atoms with E-state index in [2.05, 4.69) is 5.32 Å². The smallest absolute Gasteiger partial charge is 0.385 e. The average Bonchev–Trinajstić information content (AvgIpc) is 3.17. The van der Waals surface area contributed by atoms with E-state index in [1.54, 1.807) is 12.0 Å². The largest absolute Gasteiger partial charge is 0.416 e. The summed E-state index contributed by atoms with van der Waals surface area (Å²) in [6.07, 6.45) is -3.15. The molecule has 0 atom stereocenters. The highest BCUT2D eigenvalue weighted by Gasteiger charge is 2.54. The number of hydrogen-bond donors (Lipinski definition) is 1. The van der Waals surface area contributed by atoms with E-state index in [-0.39, 0.29) is 49.6 Å². The van der Waals surface area contributed by atoms with Crippen LogP contribution in [0.1, 0.15) is 35.2 Å². The number of nitrogens with zero attached hydrogens (tertiary/aromatic N) is 3. The third-order valence-electron chi connectivity index (χ3n) is 7.10. The number of benzene rings is 2. The van der Waals surface area contributed by atoms with Crippen LogP contribution in [0.2, 0.25) is 0 Å². The zero-order valence-corrected chi connectivity index (χ0v) is 21.2. The van der Waals surface area contributed by atoms with Crippen molar-refractivity contribution >= 4 is 23.4 Å². The van der Waals surface area contributed by atoms with Gasteiger partial charge in [0.25, 0.3) is 11.8 Å². The van der Waals surface area contributed by atoms with Crippen LogP contribution in [0.5, 0.6) is 0 Å². The van der Waals surface area contributed by atoms with E-state index in [1.165, 1.54) is 17.0 Å². The molecule has 0 bridgehead atoms. The van der Waals surface area contributed by atoms with Crippen LogP contribution in [0.3, 0.4) is 0 Å². The highest BCUT2D eigenvalue weighted by molar-refractivity contribution is 5.97. The molecule has 3 amide bonds. The summed E-state index contributed by atoms with van der Waals surface area (Å²) in [5, 5.41) is 2.81. The van der Waals surface area contributed by atoms with Crippen molar-refractivity contribution in [2.24, 2.45) is 0 Å². The van der Waals surface area contributed by atoms with Gasteiger partial charge >= 0.3 is 6.18 Å². The quantitative estimate of drug-likeness (QED) is 0.529. The maximum atomic E-state index is 13.7. The van der Waals surface area contributed by atoms with Crippen molar-refractivity contribution in [1.82, 2.24) is 15.1 Å². The molecule has 2 heterocycles. The van der Waals surface area contributed by atoms with Crippen molar-refractivity contribution in [3.63, 3.8) is 0 Å². The molecule has 2 aromatic rings. The van der Waals surface area contributed by atoms with E-state index in [9.17, 15) is 27.6 Å². The Labute approximate surface area is 219 Å². The summed E-state index contributed by atoms with van der Waals surface area (Å²) in [5.74, 6) is -0.804. The summed E-state index contributed by atoms with van der Waals surface area (Å²) in [4.78, 5) is 44.4. The minimum absolute atomic E-state index is 0.0783. The molecule has 38 heavy (non-hydrogen) atoms. The van der Waals surface area contributed by atoms with Crippen molar-refractivity contribution in [2.45, 2.75) is 31.0 Å². The fourth-order valence-corrected chi connectivity index (χ4v) is 5.06. The van der Waals surface area contributed by atoms with Gasteiger partial charge in [-0.2, -0.15) is 13.2 Å². The van der Waals surface area contributed by atoms with Gasteiger partial charge in [-0.3, -0.25) is 14.4 Å². The zero-order valence-electron chi connectivity index (χ0n) is 21.2. The molecule has 2 aromatic carbocycles. The van der Waals surface area contributed by atoms with Gasteiger partial charge < -0.3 is 24.8 Å². The zero-order chi connectivity index (χ0) is 27.3. The third-order valence-corrected chi connectivity index (χ3v) is 7.10. The molecule has 0 saturated carbocycles. The number of alkyl halides is 3. The van der Waals surface area contributed by atoms with E-state index >= 15 is 0 Å². The summed E-state index contributed by atoms with van der Waals surface area (Å²) >= 11 is 0. The minimum Gasteiger partial charge on any atom is -0.385 e. The molecule has 2 saturated heterocycles. The number of para-hydroxylation sites is 1. The highest BCUT2D eigenvalue weighted by atomic mass is 19.4. The monoisotopic (exact) mass is 532 g/mol. The molecule has 1 spiro atoms. The van der Waals surface area contributed by atoms with Gasteiger partial charge in [0.15, 0.2) is 0 Å². The summed E-state index contributed by atoms with van der Waals surface area (Å²) in [6, 6.07) is 13.6. The van der Waals surface area contributed by atoms with Crippen LogP contribution in [0.4, 0.5) is 18.9 Å². The number of likely N-dealkylation sites (tertiary alicyclic amines) is 1. The molecular formula is C27H31F3N4O4. The summed E-state index contributed by atoms with van der Waals surface area (Å²) < 4.78 is 43.7. The Morgan fingerprint density at radius 2 is 1.68 bits per heavy atom. The topological polar surface area (TPSA) is 82.2 Å². The lowest BCUT2D eigenvalue weighted by molar-refractivity contribution is -0.137. The predicted octanol–water partition coefficient (Wildman–Crippen LogP) is 3.14. The molecule has 0 unspecified atom stereocenters. The van der Waals surface area contributed by atoms with Crippen molar-refractivity contribution in [3.05, 3.63) is 65.7 Å². The van der Waals surface area contributed by atoms with E-state index in [1.807, 2.05) is 35.2 Å². The van der Waals surface area contributed by atoms with Gasteiger partial charge in [0.2, 0.25) is 5.91 Å². The molecule has 1 N–H and O–H groups in total. The van der Waals surface area contributed by atoms with E-state index in [4.69, 9.17) is 4.74 Å². The normalized spacial score (nSPS) is 17.3. The number of hydrogen-bond acceptors (Lipinski definition) is 5. The first kappa shape index (κ1) is 27.4. The van der Waals surface area contributed by atoms with Crippen molar-refractivity contribution in [1.29, 1.82) is 0 Å². The molecular weight excluding hydrogens is 501 g/mol. The number of halogens is 3. The molecule has 11 heteroatoms. The number of carbonyl (C=O) groups is 3. The molecule has 4 rings (SSSR count). The Morgan fingerprint density at radius 3 is 2.29 bits per heavy atom. The summed E-state index contributed by atoms with van der Waals surface area (Å²) in [5.41, 5.74) is -0.733. The second-order valence-corrected chi connectivity index (χ2v) is 9.50. The van der Waals surface area contributed by atoms with E-state index in [0.717, 1.165) is 17.8 Å². The van der Waals surface area contributed by atoms with Crippen LogP contribution in [-0.2, 0) is 20.5 Å². The molecule has 0 aliphatic carbocycles. The Morgan fingerprint density at radius 1 is 1.03 bits per heavy atom. The number of rotatable bonds is 8. The number of nitrogens with one attached hydrogen (secondary N) is 1. The molecule has 2 aliphatic rings. The number of methoxy groups -OCH3 is 1. The van der Waals surface area contributed by atoms with Crippen molar-refractivity contribution in [2.75, 3.05) is 51.5 Å². The van der Waals surface area contributed by atoms with Gasteiger partial charge in [0.1, 0.15) is 12.1 Å². The van der Waals surface area contributed by atoms with Crippen LogP contribution < -0.4 is 10.2 Å². The maximum Gasteiger partial charge on any atom is 0.416 e. The molecule has 204 valence electrons. The first-order valence-electron chi connectivity index (χ1n) is 12.5. The first-order valence-corrected chi connectivity index (χ1v) is 12.5. The Hall–Kier alpha value is -3.60. The lowest BCUT2D eigenvalue weighted by Gasteiger charge is -2.43. The van der Waals surface area contributed by atoms with Gasteiger partial charge in [-0.05, 0) is 55.7 Å². The number of ether oxygens (including phenoxy) is 1. The fraction of sp³-hybridized carbons (Fsp3) is 0.444. The van der Waals surface area contributed by atoms with E-state index < -0.39 is 17.3 Å². The number of amides is 3. The van der Waals surface area contributed by atoms with Crippen LogP contribution in [0, 0.1) is 0 Å². The van der Waals surface area contributed by atoms with E-state index in [0.29, 0.717) is 32.4 Å². The maximum absolute atomic E-state index is 13.7. The Bertz CT molecular complexity index is 1130. The van der Waals surface area contributed by atoms with Gasteiger partial charge in [0, 0.05) is 44.6 Å². The molecule has 0 aromatic heterocycles. The van der Waals surface area contributed by atoms with Crippen LogP contribution in [0.15, 0.2) is 54.6 Å². The standard InChI is InChI=1S/C27H31F3N4O4/c1-38-17-5-14-31-23(35)18-33-19-34(22-6-3-2-4-7-22)26(25(33)37)12-15-32(16-13-26)24(36)20-8-10-21(11-9-20)27(28,29)30/h2-4,6-11H,5,12-19H2,1H3,(H,31,35). The lowest BCUT2D eigenvalue weighted by atomic mass is 9.85. The lowest BCUT2D eigenvalue weighted by Crippen LogP contribution is -2.57. The molecule has 0 radical (unpaired) electrons. The number of anilines is 1. The van der Waals surface area contributed by atoms with Crippen LogP contribution in [-0.4, -0.2) is 79.6 Å². The van der Waals surface area contributed by atoms with Crippen LogP contribution >= 0.6 is 0 Å². The Balaban J connectivity index is 1.47. The van der Waals surface area contributed by atoms with Crippen molar-refractivity contribution in [3.8, 4) is 0 Å². The van der Waals surface area contributed by atoms with Gasteiger partial charge in [-0.15, -0.1) is 0 Å². The second kappa shape index (κ2) is 11.4. The second-order valence-electron chi connectivity index (χ2n) is 9.50. The highest BCUT2D eigenvalue weighted by Crippen LogP contribution is 2.39. The Kier molecular flexibility index (Phi) is 8.25. The SMILES string of the molecule is COCCCNC(=O)CN1CN(c2ccccc2)C2(CCN(C(=O)c3ccc(C(F)(F)F)cc3)CC2)C1=O. The third kappa shape index (κ3) is 5.77. The number of carbonyl (C=O) groups excluding carboxylic acids is 3. The molecule has 8 nitrogen and oxygen atoms in total. The van der Waals surface area contributed by atoms with Crippen LogP contribution in [0.25, 0.3) is 0 Å². The van der Waals surface area contributed by atoms with Gasteiger partial charge in [-0.1, -0.05) is 18.2 Å².